The van der Waals surface area contributed by atoms with E-state index >= 15 is 0 Å². The van der Waals surface area contributed by atoms with Gasteiger partial charge in [-0.1, -0.05) is 0 Å². The summed E-state index contributed by atoms with van der Waals surface area (Å²) in [4.78, 5) is 29.7. The van der Waals surface area contributed by atoms with E-state index in [1.54, 1.807) is 0 Å². The van der Waals surface area contributed by atoms with Crippen molar-refractivity contribution in [2.45, 2.75) is 65.5 Å². The normalized spacial score (nSPS) is 25.7. The second kappa shape index (κ2) is 6.71. The van der Waals surface area contributed by atoms with Crippen molar-refractivity contribution in [3.8, 4) is 0 Å². The van der Waals surface area contributed by atoms with Crippen molar-refractivity contribution in [3.05, 3.63) is 17.0 Å². The number of aromatic nitrogens is 2. The number of piperidine rings is 1. The van der Waals surface area contributed by atoms with Gasteiger partial charge in [0.15, 0.2) is 0 Å². The van der Waals surface area contributed by atoms with Gasteiger partial charge in [-0.3, -0.25) is 14.3 Å². The second-order valence-electron chi connectivity index (χ2n) is 8.43. The van der Waals surface area contributed by atoms with E-state index in [1.165, 1.54) is 18.4 Å². The van der Waals surface area contributed by atoms with Gasteiger partial charge in [-0.05, 0) is 57.9 Å². The lowest BCUT2D eigenvalue weighted by Crippen LogP contribution is -2.48. The third-order valence-electron chi connectivity index (χ3n) is 6.58. The van der Waals surface area contributed by atoms with Crippen molar-refractivity contribution in [1.82, 2.24) is 19.6 Å². The Labute approximate surface area is 155 Å². The molecule has 2 atom stereocenters. The summed E-state index contributed by atoms with van der Waals surface area (Å²) < 4.78 is 1.94. The lowest BCUT2D eigenvalue weighted by Gasteiger charge is -2.36. The molecule has 0 aromatic carbocycles. The lowest BCUT2D eigenvalue weighted by molar-refractivity contribution is -0.140. The molecular formula is C20H30N4O2. The molecule has 6 heteroatoms. The van der Waals surface area contributed by atoms with Crippen LogP contribution in [-0.4, -0.2) is 57.1 Å². The molecule has 3 saturated heterocycles. The van der Waals surface area contributed by atoms with Crippen molar-refractivity contribution in [2.75, 3.05) is 19.6 Å². The fourth-order valence-electron chi connectivity index (χ4n) is 4.43. The monoisotopic (exact) mass is 358 g/mol. The molecule has 1 aromatic rings. The number of rotatable bonds is 5. The number of hydrogen-bond acceptors (Lipinski definition) is 3. The van der Waals surface area contributed by atoms with E-state index < -0.39 is 0 Å². The molecule has 1 saturated carbocycles. The number of hydrogen-bond donors (Lipinski definition) is 0. The van der Waals surface area contributed by atoms with Gasteiger partial charge in [0, 0.05) is 44.3 Å². The molecule has 4 heterocycles. The molecule has 6 nitrogen and oxygen atoms in total. The van der Waals surface area contributed by atoms with Crippen LogP contribution in [0.1, 0.15) is 49.1 Å². The molecule has 4 aliphatic rings. The Morgan fingerprint density at radius 3 is 2.54 bits per heavy atom. The molecule has 0 spiro atoms. The summed E-state index contributed by atoms with van der Waals surface area (Å²) in [5.41, 5.74) is 3.37. The Morgan fingerprint density at radius 2 is 1.88 bits per heavy atom. The van der Waals surface area contributed by atoms with Crippen LogP contribution in [-0.2, 0) is 16.1 Å². The number of carbonyl (C=O) groups is 2. The van der Waals surface area contributed by atoms with E-state index in [4.69, 9.17) is 0 Å². The van der Waals surface area contributed by atoms with E-state index in [2.05, 4.69) is 23.8 Å². The maximum absolute atomic E-state index is 12.8. The van der Waals surface area contributed by atoms with Crippen LogP contribution in [0.5, 0.6) is 0 Å². The SMILES string of the molecule is Cc1nn(CCC(=O)N2C[C@@H]3CC[C@H](C2)N(CC2CC2)C3=O)c(C)c1C. The number of carbonyl (C=O) groups excluding carboxylic acids is 2. The minimum absolute atomic E-state index is 0.00683. The zero-order valence-corrected chi connectivity index (χ0v) is 16.2. The number of fused-ring (bicyclic) bond motifs is 4. The summed E-state index contributed by atoms with van der Waals surface area (Å²) in [5.74, 6) is 1.16. The van der Waals surface area contributed by atoms with Crippen LogP contribution in [0.4, 0.5) is 0 Å². The summed E-state index contributed by atoms with van der Waals surface area (Å²) in [6, 6.07) is 0.224. The van der Waals surface area contributed by atoms with Gasteiger partial charge in [0.1, 0.15) is 0 Å². The van der Waals surface area contributed by atoms with Gasteiger partial charge < -0.3 is 9.80 Å². The van der Waals surface area contributed by atoms with Gasteiger partial charge in [0.05, 0.1) is 11.6 Å². The molecule has 1 aliphatic carbocycles. The molecule has 142 valence electrons. The van der Waals surface area contributed by atoms with Gasteiger partial charge in [-0.25, -0.2) is 0 Å². The Kier molecular flexibility index (Phi) is 4.53. The molecule has 0 N–H and O–H groups in total. The van der Waals surface area contributed by atoms with Gasteiger partial charge in [-0.2, -0.15) is 5.10 Å². The molecule has 2 amide bonds. The van der Waals surface area contributed by atoms with E-state index in [9.17, 15) is 9.59 Å². The first-order valence-corrected chi connectivity index (χ1v) is 10.0. The highest BCUT2D eigenvalue weighted by molar-refractivity contribution is 5.83. The van der Waals surface area contributed by atoms with Gasteiger partial charge in [0.25, 0.3) is 0 Å². The molecule has 4 fully saturated rings. The van der Waals surface area contributed by atoms with Crippen LogP contribution in [0.2, 0.25) is 0 Å². The van der Waals surface area contributed by atoms with Crippen LogP contribution in [0.25, 0.3) is 0 Å². The molecule has 2 bridgehead atoms. The average Bonchev–Trinajstić information content (AvgIpc) is 3.43. The maximum Gasteiger partial charge on any atom is 0.227 e. The van der Waals surface area contributed by atoms with Crippen LogP contribution >= 0.6 is 0 Å². The fourth-order valence-corrected chi connectivity index (χ4v) is 4.43. The van der Waals surface area contributed by atoms with E-state index in [0.29, 0.717) is 32.0 Å². The quantitative estimate of drug-likeness (QED) is 0.809. The van der Waals surface area contributed by atoms with Gasteiger partial charge >= 0.3 is 0 Å². The predicted octanol–water partition coefficient (Wildman–Crippen LogP) is 2.06. The molecular weight excluding hydrogens is 328 g/mol. The predicted molar refractivity (Wildman–Crippen MR) is 98.6 cm³/mol. The number of amides is 2. The first-order valence-electron chi connectivity index (χ1n) is 10.0. The van der Waals surface area contributed by atoms with E-state index in [-0.39, 0.29) is 23.8 Å². The van der Waals surface area contributed by atoms with Crippen LogP contribution in [0, 0.1) is 32.6 Å². The lowest BCUT2D eigenvalue weighted by atomic mass is 9.94. The van der Waals surface area contributed by atoms with E-state index in [0.717, 1.165) is 30.8 Å². The number of aryl methyl sites for hydroxylation is 2. The zero-order valence-electron chi connectivity index (χ0n) is 16.2. The largest absolute Gasteiger partial charge is 0.340 e. The molecule has 5 rings (SSSR count). The third-order valence-corrected chi connectivity index (χ3v) is 6.58. The molecule has 1 aromatic heterocycles. The fraction of sp³-hybridized carbons (Fsp3) is 0.750. The Morgan fingerprint density at radius 1 is 1.12 bits per heavy atom. The molecule has 0 radical (unpaired) electrons. The summed E-state index contributed by atoms with van der Waals surface area (Å²) in [5, 5.41) is 4.53. The van der Waals surface area contributed by atoms with Gasteiger partial charge in [-0.15, -0.1) is 0 Å². The standard InChI is InChI=1S/C20H30N4O2/c1-13-14(2)21-24(15(13)3)9-8-19(25)22-11-17-6-7-18(12-22)23(20(17)26)10-16-4-5-16/h16-18H,4-12H2,1-3H3/t17-,18+/m0/s1. The van der Waals surface area contributed by atoms with Crippen molar-refractivity contribution >= 4 is 11.8 Å². The first kappa shape index (κ1) is 17.6. The Balaban J connectivity index is 1.40. The smallest absolute Gasteiger partial charge is 0.227 e. The Bertz CT molecular complexity index is 722. The highest BCUT2D eigenvalue weighted by Gasteiger charge is 2.43. The van der Waals surface area contributed by atoms with Crippen LogP contribution in [0.15, 0.2) is 0 Å². The van der Waals surface area contributed by atoms with Crippen molar-refractivity contribution < 1.29 is 9.59 Å². The van der Waals surface area contributed by atoms with Crippen molar-refractivity contribution in [2.24, 2.45) is 11.8 Å². The van der Waals surface area contributed by atoms with Crippen LogP contribution in [0.3, 0.4) is 0 Å². The maximum atomic E-state index is 12.8. The van der Waals surface area contributed by atoms with E-state index in [1.807, 2.05) is 16.5 Å². The molecule has 0 unspecified atom stereocenters. The summed E-state index contributed by atoms with van der Waals surface area (Å²) in [6.07, 6.45) is 4.95. The first-order chi connectivity index (χ1) is 12.4. The molecule has 26 heavy (non-hydrogen) atoms. The molecule has 3 aliphatic heterocycles. The van der Waals surface area contributed by atoms with Gasteiger partial charge in [0.2, 0.25) is 11.8 Å². The zero-order chi connectivity index (χ0) is 18.4. The summed E-state index contributed by atoms with van der Waals surface area (Å²) >= 11 is 0. The second-order valence-corrected chi connectivity index (χ2v) is 8.43. The summed E-state index contributed by atoms with van der Waals surface area (Å²) in [7, 11) is 0. The van der Waals surface area contributed by atoms with Crippen molar-refractivity contribution in [1.29, 1.82) is 0 Å². The topological polar surface area (TPSA) is 58.4 Å². The van der Waals surface area contributed by atoms with Crippen LogP contribution < -0.4 is 0 Å². The minimum atomic E-state index is 0.00683. The highest BCUT2D eigenvalue weighted by Crippen LogP contribution is 2.35. The number of nitrogens with zero attached hydrogens (tertiary/aromatic N) is 4. The third kappa shape index (κ3) is 3.26. The Hall–Kier alpha value is -1.85. The average molecular weight is 358 g/mol. The summed E-state index contributed by atoms with van der Waals surface area (Å²) in [6.45, 7) is 8.98. The van der Waals surface area contributed by atoms with Crippen molar-refractivity contribution in [3.63, 3.8) is 0 Å². The highest BCUT2D eigenvalue weighted by atomic mass is 16.2. The minimum Gasteiger partial charge on any atom is -0.340 e.